The number of fused-ring (bicyclic) bond motifs is 3. The van der Waals surface area contributed by atoms with Crippen LogP contribution in [0, 0.1) is 33.5 Å². The van der Waals surface area contributed by atoms with Gasteiger partial charge in [0.05, 0.1) is 0 Å². The van der Waals surface area contributed by atoms with Crippen molar-refractivity contribution in [3.63, 3.8) is 0 Å². The van der Waals surface area contributed by atoms with Crippen molar-refractivity contribution in [1.29, 1.82) is 0 Å². The van der Waals surface area contributed by atoms with E-state index >= 15 is 0 Å². The zero-order chi connectivity index (χ0) is 14.2. The molecular formula is C20H34. The van der Waals surface area contributed by atoms with Crippen LogP contribution in [0.3, 0.4) is 0 Å². The molecule has 114 valence electrons. The largest absolute Gasteiger partial charge is 0.0594 e. The summed E-state index contributed by atoms with van der Waals surface area (Å²) in [5, 5.41) is 0. The summed E-state index contributed by atoms with van der Waals surface area (Å²) in [6.07, 6.45) is 15.3. The molecular weight excluding hydrogens is 240 g/mol. The summed E-state index contributed by atoms with van der Waals surface area (Å²) in [6.45, 7) is 10.7. The lowest BCUT2D eigenvalue weighted by Gasteiger charge is -2.45. The van der Waals surface area contributed by atoms with E-state index in [0.29, 0.717) is 21.7 Å². The first-order chi connectivity index (χ1) is 9.32. The molecule has 0 aromatic rings. The third-order valence-corrected chi connectivity index (χ3v) is 9.23. The molecule has 20 heavy (non-hydrogen) atoms. The second-order valence-electron chi connectivity index (χ2n) is 10.2. The first-order valence-corrected chi connectivity index (χ1v) is 9.32. The molecule has 0 aromatic heterocycles. The summed E-state index contributed by atoms with van der Waals surface area (Å²) in [7, 11) is 0. The van der Waals surface area contributed by atoms with E-state index in [1.807, 2.05) is 0 Å². The Morgan fingerprint density at radius 3 is 2.30 bits per heavy atom. The van der Waals surface area contributed by atoms with Crippen molar-refractivity contribution < 1.29 is 0 Å². The Bertz CT molecular complexity index is 426. The van der Waals surface area contributed by atoms with Gasteiger partial charge >= 0.3 is 0 Å². The molecule has 0 amide bonds. The van der Waals surface area contributed by atoms with Crippen molar-refractivity contribution in [2.75, 3.05) is 0 Å². The van der Waals surface area contributed by atoms with Crippen LogP contribution in [0.25, 0.3) is 0 Å². The lowest BCUT2D eigenvalue weighted by Crippen LogP contribution is -2.37. The molecule has 5 aliphatic carbocycles. The SMILES string of the molecule is CC12CCCC3(C)CC(C)(CC1)C1(C)CC2CCCC31. The Morgan fingerprint density at radius 2 is 1.50 bits per heavy atom. The van der Waals surface area contributed by atoms with Crippen LogP contribution in [0.2, 0.25) is 0 Å². The molecule has 0 N–H and O–H groups in total. The van der Waals surface area contributed by atoms with Gasteiger partial charge in [0.1, 0.15) is 0 Å². The van der Waals surface area contributed by atoms with Gasteiger partial charge in [0.25, 0.3) is 0 Å². The summed E-state index contributed by atoms with van der Waals surface area (Å²) >= 11 is 0. The maximum absolute atomic E-state index is 2.72. The topological polar surface area (TPSA) is 0 Å². The van der Waals surface area contributed by atoms with Crippen LogP contribution < -0.4 is 0 Å². The van der Waals surface area contributed by atoms with Crippen molar-refractivity contribution in [2.45, 2.75) is 91.9 Å². The predicted molar refractivity (Wildman–Crippen MR) is 85.6 cm³/mol. The van der Waals surface area contributed by atoms with Crippen molar-refractivity contribution in [3.05, 3.63) is 0 Å². The molecule has 5 saturated carbocycles. The number of hydrogen-bond donors (Lipinski definition) is 0. The second kappa shape index (κ2) is 3.85. The van der Waals surface area contributed by atoms with E-state index in [9.17, 15) is 0 Å². The van der Waals surface area contributed by atoms with Crippen LogP contribution in [0.5, 0.6) is 0 Å². The summed E-state index contributed by atoms with van der Waals surface area (Å²) in [5.41, 5.74) is 2.61. The minimum Gasteiger partial charge on any atom is -0.0594 e. The van der Waals surface area contributed by atoms with Gasteiger partial charge in [-0.3, -0.25) is 0 Å². The lowest BCUT2D eigenvalue weighted by atomic mass is 9.60. The Balaban J connectivity index is 1.93. The van der Waals surface area contributed by atoms with Gasteiger partial charge in [-0.1, -0.05) is 40.5 Å². The molecule has 0 heterocycles. The van der Waals surface area contributed by atoms with Crippen molar-refractivity contribution >= 4 is 0 Å². The Morgan fingerprint density at radius 1 is 0.750 bits per heavy atom. The fourth-order valence-corrected chi connectivity index (χ4v) is 7.87. The van der Waals surface area contributed by atoms with Crippen molar-refractivity contribution in [1.82, 2.24) is 0 Å². The lowest BCUT2D eigenvalue weighted by molar-refractivity contribution is 0.0395. The fourth-order valence-electron chi connectivity index (χ4n) is 7.87. The molecule has 5 fully saturated rings. The van der Waals surface area contributed by atoms with Gasteiger partial charge in [0.15, 0.2) is 0 Å². The molecule has 0 aromatic carbocycles. The van der Waals surface area contributed by atoms with Gasteiger partial charge in [-0.2, -0.15) is 0 Å². The zero-order valence-corrected chi connectivity index (χ0v) is 14.2. The minimum absolute atomic E-state index is 0.636. The third-order valence-electron chi connectivity index (χ3n) is 9.23. The standard InChI is InChI=1S/C20H34/c1-17-9-6-10-18(2)14-19(3,12-11-17)20(4)13-15(17)7-5-8-16(18)20/h15-16H,5-14H2,1-4H3. The monoisotopic (exact) mass is 274 g/mol. The van der Waals surface area contributed by atoms with Gasteiger partial charge in [0, 0.05) is 0 Å². The second-order valence-corrected chi connectivity index (χ2v) is 10.2. The van der Waals surface area contributed by atoms with Gasteiger partial charge in [-0.25, -0.2) is 0 Å². The normalized spacial score (nSPS) is 61.8. The molecule has 0 heteroatoms. The highest BCUT2D eigenvalue weighted by molar-refractivity contribution is 5.15. The van der Waals surface area contributed by atoms with Crippen LogP contribution >= 0.6 is 0 Å². The highest BCUT2D eigenvalue weighted by Crippen LogP contribution is 2.75. The minimum atomic E-state index is 0.636. The number of rotatable bonds is 0. The summed E-state index contributed by atoms with van der Waals surface area (Å²) in [4.78, 5) is 0. The molecule has 0 radical (unpaired) electrons. The molecule has 6 atom stereocenters. The maximum Gasteiger partial charge on any atom is -0.0235 e. The average Bonchev–Trinajstić information content (AvgIpc) is 2.49. The molecule has 5 rings (SSSR count). The van der Waals surface area contributed by atoms with Gasteiger partial charge < -0.3 is 0 Å². The van der Waals surface area contributed by atoms with Gasteiger partial charge in [0.2, 0.25) is 0 Å². The van der Waals surface area contributed by atoms with Crippen LogP contribution in [0.4, 0.5) is 0 Å². The predicted octanol–water partition coefficient (Wildman–Crippen LogP) is 6.20. The molecule has 0 saturated heterocycles. The third kappa shape index (κ3) is 1.49. The van der Waals surface area contributed by atoms with Gasteiger partial charge in [-0.15, -0.1) is 0 Å². The maximum atomic E-state index is 2.72. The van der Waals surface area contributed by atoms with E-state index in [1.54, 1.807) is 6.42 Å². The highest BCUT2D eigenvalue weighted by atomic mass is 14.7. The van der Waals surface area contributed by atoms with Crippen LogP contribution in [-0.4, -0.2) is 0 Å². The molecule has 0 nitrogen and oxygen atoms in total. The van der Waals surface area contributed by atoms with Crippen LogP contribution in [-0.2, 0) is 0 Å². The molecule has 0 aliphatic heterocycles. The van der Waals surface area contributed by atoms with E-state index in [0.717, 1.165) is 11.8 Å². The quantitative estimate of drug-likeness (QED) is 0.493. The number of hydrogen-bond acceptors (Lipinski definition) is 0. The molecule has 0 spiro atoms. The highest BCUT2D eigenvalue weighted by Gasteiger charge is 2.66. The summed E-state index contributed by atoms with van der Waals surface area (Å²) in [5.74, 6) is 2.05. The van der Waals surface area contributed by atoms with Crippen molar-refractivity contribution in [3.8, 4) is 0 Å². The molecule has 5 aliphatic rings. The van der Waals surface area contributed by atoms with E-state index < -0.39 is 0 Å². The zero-order valence-electron chi connectivity index (χ0n) is 14.2. The first-order valence-electron chi connectivity index (χ1n) is 9.32. The van der Waals surface area contributed by atoms with Gasteiger partial charge in [-0.05, 0) is 84.9 Å². The molecule has 6 bridgehead atoms. The first kappa shape index (κ1) is 13.6. The Labute approximate surface area is 126 Å². The average molecular weight is 274 g/mol. The molecule has 6 unspecified atom stereocenters. The fraction of sp³-hybridized carbons (Fsp3) is 1.00. The van der Waals surface area contributed by atoms with Crippen molar-refractivity contribution in [2.24, 2.45) is 33.5 Å². The van der Waals surface area contributed by atoms with E-state index in [1.165, 1.54) is 57.8 Å². The van der Waals surface area contributed by atoms with Crippen LogP contribution in [0.15, 0.2) is 0 Å². The Kier molecular flexibility index (Phi) is 2.63. The van der Waals surface area contributed by atoms with E-state index in [-0.39, 0.29) is 0 Å². The smallest absolute Gasteiger partial charge is 0.0235 e. The summed E-state index contributed by atoms with van der Waals surface area (Å²) in [6, 6.07) is 0. The Hall–Kier alpha value is 0. The van der Waals surface area contributed by atoms with Crippen LogP contribution in [0.1, 0.15) is 91.9 Å². The van der Waals surface area contributed by atoms with E-state index in [4.69, 9.17) is 0 Å². The summed E-state index contributed by atoms with van der Waals surface area (Å²) < 4.78 is 0. The van der Waals surface area contributed by atoms with E-state index in [2.05, 4.69) is 27.7 Å².